The Labute approximate surface area is 235 Å². The fraction of sp³-hybridized carbons (Fsp3) is 0.233. The van der Waals surface area contributed by atoms with Crippen LogP contribution < -0.4 is 14.4 Å². The number of benzene rings is 3. The second-order valence-electron chi connectivity index (χ2n) is 9.17. The summed E-state index contributed by atoms with van der Waals surface area (Å²) in [5.41, 5.74) is 3.71. The molecule has 0 bridgehead atoms. The average Bonchev–Trinajstić information content (AvgIpc) is 3.44. The van der Waals surface area contributed by atoms with Crippen LogP contribution in [0.2, 0.25) is 5.02 Å². The van der Waals surface area contributed by atoms with Gasteiger partial charge in [0, 0.05) is 10.6 Å². The second kappa shape index (κ2) is 10.7. The van der Waals surface area contributed by atoms with Crippen molar-refractivity contribution in [2.45, 2.75) is 33.7 Å². The van der Waals surface area contributed by atoms with Gasteiger partial charge in [-0.05, 0) is 86.8 Å². The number of anilines is 1. The molecule has 1 aromatic heterocycles. The molecule has 7 nitrogen and oxygen atoms in total. The molecular weight excluding hydrogens is 536 g/mol. The van der Waals surface area contributed by atoms with Gasteiger partial charge in [-0.25, -0.2) is 4.98 Å². The lowest BCUT2D eigenvalue weighted by atomic mass is 9.95. The van der Waals surface area contributed by atoms with Crippen LogP contribution in [-0.2, 0) is 9.59 Å². The zero-order valence-corrected chi connectivity index (χ0v) is 23.5. The fourth-order valence-corrected chi connectivity index (χ4v) is 6.10. The van der Waals surface area contributed by atoms with Crippen molar-refractivity contribution in [2.24, 2.45) is 0 Å². The van der Waals surface area contributed by atoms with Crippen molar-refractivity contribution in [1.82, 2.24) is 4.98 Å². The highest BCUT2D eigenvalue weighted by Gasteiger charge is 2.48. The van der Waals surface area contributed by atoms with Gasteiger partial charge in [0.25, 0.3) is 5.78 Å². The van der Waals surface area contributed by atoms with Crippen LogP contribution in [0.15, 0.2) is 60.2 Å². The van der Waals surface area contributed by atoms with Gasteiger partial charge in [-0.1, -0.05) is 35.1 Å². The van der Waals surface area contributed by atoms with E-state index >= 15 is 0 Å². The Kier molecular flexibility index (Phi) is 7.34. The highest BCUT2D eigenvalue weighted by atomic mass is 35.5. The molecule has 0 saturated carbocycles. The minimum Gasteiger partial charge on any atom is -0.507 e. The third kappa shape index (κ3) is 4.86. The molecule has 3 aromatic carbocycles. The standard InChI is InChI=1S/C30H27ClN2O5S/c1-5-37-21-12-9-19(15-22(21)38-6-2)26-24(27(34)18-7-10-20(31)11-8-18)28(35)29(36)33(26)30-32-25-17(4)13-16(3)14-23(25)39-30/h7-15,26,34H,5-6H2,1-4H3. The number of carbonyl (C=O) groups is 2. The lowest BCUT2D eigenvalue weighted by Crippen LogP contribution is -2.29. The molecule has 1 fully saturated rings. The third-order valence-corrected chi connectivity index (χ3v) is 7.72. The number of ether oxygens (including phenoxy) is 2. The van der Waals surface area contributed by atoms with Gasteiger partial charge in [-0.2, -0.15) is 0 Å². The summed E-state index contributed by atoms with van der Waals surface area (Å²) in [6.45, 7) is 8.54. The van der Waals surface area contributed by atoms with E-state index in [9.17, 15) is 14.7 Å². The topological polar surface area (TPSA) is 89.0 Å². The molecule has 1 atom stereocenters. The van der Waals surface area contributed by atoms with E-state index in [1.165, 1.54) is 16.2 Å². The normalized spacial score (nSPS) is 16.7. The van der Waals surface area contributed by atoms with Crippen molar-refractivity contribution in [3.63, 3.8) is 0 Å². The quantitative estimate of drug-likeness (QED) is 0.148. The molecule has 2 heterocycles. The maximum Gasteiger partial charge on any atom is 0.301 e. The van der Waals surface area contributed by atoms with Gasteiger partial charge in [0.1, 0.15) is 5.76 Å². The summed E-state index contributed by atoms with van der Waals surface area (Å²) < 4.78 is 12.5. The molecule has 0 radical (unpaired) electrons. The van der Waals surface area contributed by atoms with Crippen molar-refractivity contribution in [3.05, 3.63) is 87.4 Å². The summed E-state index contributed by atoms with van der Waals surface area (Å²) in [6.07, 6.45) is 0. The molecule has 0 spiro atoms. The summed E-state index contributed by atoms with van der Waals surface area (Å²) >= 11 is 7.37. The Morgan fingerprint density at radius 2 is 1.69 bits per heavy atom. The Hall–Kier alpha value is -3.88. The number of ketones is 1. The van der Waals surface area contributed by atoms with Crippen molar-refractivity contribution in [2.75, 3.05) is 18.1 Å². The van der Waals surface area contributed by atoms with E-state index in [1.54, 1.807) is 42.5 Å². The Morgan fingerprint density at radius 1 is 1.00 bits per heavy atom. The first-order chi connectivity index (χ1) is 18.7. The number of aliphatic hydroxyl groups is 1. The van der Waals surface area contributed by atoms with E-state index in [0.717, 1.165) is 21.3 Å². The van der Waals surface area contributed by atoms with E-state index in [0.29, 0.717) is 46.0 Å². The molecule has 4 aromatic rings. The van der Waals surface area contributed by atoms with Crippen LogP contribution in [0.1, 0.15) is 42.1 Å². The first-order valence-corrected chi connectivity index (χ1v) is 13.8. The van der Waals surface area contributed by atoms with Gasteiger partial charge in [-0.15, -0.1) is 0 Å². The predicted octanol–water partition coefficient (Wildman–Crippen LogP) is 6.99. The second-order valence-corrected chi connectivity index (χ2v) is 10.6. The molecule has 200 valence electrons. The molecule has 5 rings (SSSR count). The van der Waals surface area contributed by atoms with E-state index in [1.807, 2.05) is 39.8 Å². The summed E-state index contributed by atoms with van der Waals surface area (Å²) in [7, 11) is 0. The average molecular weight is 563 g/mol. The number of hydrogen-bond donors (Lipinski definition) is 1. The van der Waals surface area contributed by atoms with Crippen LogP contribution in [0.4, 0.5) is 5.13 Å². The summed E-state index contributed by atoms with van der Waals surface area (Å²) in [5.74, 6) is -0.840. The number of thiazole rings is 1. The van der Waals surface area contributed by atoms with E-state index in [-0.39, 0.29) is 11.3 Å². The fourth-order valence-electron chi connectivity index (χ4n) is 4.81. The number of hydrogen-bond acceptors (Lipinski definition) is 7. The lowest BCUT2D eigenvalue weighted by Gasteiger charge is -2.24. The Balaban J connectivity index is 1.75. The molecule has 1 unspecified atom stereocenters. The number of nitrogens with zero attached hydrogens (tertiary/aromatic N) is 2. The predicted molar refractivity (Wildman–Crippen MR) is 154 cm³/mol. The number of halogens is 1. The lowest BCUT2D eigenvalue weighted by molar-refractivity contribution is -0.132. The molecule has 39 heavy (non-hydrogen) atoms. The molecule has 1 N–H and O–H groups in total. The number of amides is 1. The zero-order chi connectivity index (χ0) is 27.8. The van der Waals surface area contributed by atoms with Crippen LogP contribution in [-0.4, -0.2) is 35.0 Å². The molecule has 9 heteroatoms. The summed E-state index contributed by atoms with van der Waals surface area (Å²) in [6, 6.07) is 14.8. The number of aromatic nitrogens is 1. The highest BCUT2D eigenvalue weighted by molar-refractivity contribution is 7.22. The molecule has 1 saturated heterocycles. The van der Waals surface area contributed by atoms with Crippen molar-refractivity contribution < 1.29 is 24.2 Å². The van der Waals surface area contributed by atoms with Crippen LogP contribution in [0, 0.1) is 13.8 Å². The molecule has 1 aliphatic rings. The number of rotatable bonds is 7. The largest absolute Gasteiger partial charge is 0.507 e. The number of aliphatic hydroxyl groups excluding tert-OH is 1. The van der Waals surface area contributed by atoms with Crippen LogP contribution in [0.5, 0.6) is 11.5 Å². The molecular formula is C30H27ClN2O5S. The first-order valence-electron chi connectivity index (χ1n) is 12.6. The SMILES string of the molecule is CCOc1ccc(C2C(=C(O)c3ccc(Cl)cc3)C(=O)C(=O)N2c2nc3c(C)cc(C)cc3s2)cc1OCC. The van der Waals surface area contributed by atoms with E-state index in [2.05, 4.69) is 0 Å². The summed E-state index contributed by atoms with van der Waals surface area (Å²) in [4.78, 5) is 33.3. The van der Waals surface area contributed by atoms with Gasteiger partial charge in [0.05, 0.1) is 35.0 Å². The van der Waals surface area contributed by atoms with Crippen LogP contribution in [0.3, 0.4) is 0 Å². The summed E-state index contributed by atoms with van der Waals surface area (Å²) in [5, 5.41) is 12.2. The number of fused-ring (bicyclic) bond motifs is 1. The van der Waals surface area contributed by atoms with Crippen molar-refractivity contribution in [3.8, 4) is 11.5 Å². The number of carbonyl (C=O) groups excluding carboxylic acids is 2. The maximum atomic E-state index is 13.6. The van der Waals surface area contributed by atoms with Gasteiger partial charge in [-0.3, -0.25) is 14.5 Å². The Morgan fingerprint density at radius 3 is 2.38 bits per heavy atom. The smallest absolute Gasteiger partial charge is 0.301 e. The van der Waals surface area contributed by atoms with Gasteiger partial charge < -0.3 is 14.6 Å². The third-order valence-electron chi connectivity index (χ3n) is 6.47. The van der Waals surface area contributed by atoms with Gasteiger partial charge >= 0.3 is 5.91 Å². The van der Waals surface area contributed by atoms with Crippen LogP contribution >= 0.6 is 22.9 Å². The first kappa shape index (κ1) is 26.7. The van der Waals surface area contributed by atoms with Crippen LogP contribution in [0.25, 0.3) is 16.0 Å². The van der Waals surface area contributed by atoms with E-state index < -0.39 is 17.7 Å². The van der Waals surface area contributed by atoms with Gasteiger partial charge in [0.2, 0.25) is 0 Å². The molecule has 0 aliphatic carbocycles. The maximum absolute atomic E-state index is 13.6. The van der Waals surface area contributed by atoms with Crippen molar-refractivity contribution in [1.29, 1.82) is 0 Å². The van der Waals surface area contributed by atoms with E-state index in [4.69, 9.17) is 26.1 Å². The number of Topliss-reactive ketones (excluding diaryl/α,β-unsaturated/α-hetero) is 1. The molecule has 1 aliphatic heterocycles. The van der Waals surface area contributed by atoms with Crippen molar-refractivity contribution >= 4 is 55.7 Å². The highest BCUT2D eigenvalue weighted by Crippen LogP contribution is 2.46. The zero-order valence-electron chi connectivity index (χ0n) is 21.9. The number of aryl methyl sites for hydroxylation is 2. The molecule has 1 amide bonds. The minimum absolute atomic E-state index is 0.0407. The monoisotopic (exact) mass is 562 g/mol. The van der Waals surface area contributed by atoms with Gasteiger partial charge in [0.15, 0.2) is 16.6 Å². The minimum atomic E-state index is -0.947. The Bertz CT molecular complexity index is 1630.